The molecular weight excluding hydrogens is 486 g/mol. The second-order valence-corrected chi connectivity index (χ2v) is 9.46. The Labute approximate surface area is 191 Å². The first-order valence-electron chi connectivity index (χ1n) is 9.71. The minimum absolute atomic E-state index is 0.100. The minimum atomic E-state index is -3.78. The van der Waals surface area contributed by atoms with Gasteiger partial charge in [0.05, 0.1) is 30.9 Å². The summed E-state index contributed by atoms with van der Waals surface area (Å²) in [6.07, 6.45) is 2.33. The molecule has 0 fully saturated rings. The Morgan fingerprint density at radius 1 is 1.13 bits per heavy atom. The second-order valence-electron chi connectivity index (χ2n) is 6.50. The molecule has 1 amide bonds. The Morgan fingerprint density at radius 2 is 1.84 bits per heavy atom. The molecule has 0 saturated heterocycles. The normalized spacial score (nSPS) is 11.6. The smallest absolute Gasteiger partial charge is 0.255 e. The highest BCUT2D eigenvalue weighted by Gasteiger charge is 2.22. The zero-order valence-electron chi connectivity index (χ0n) is 17.7. The molecule has 8 nitrogen and oxygen atoms in total. The van der Waals surface area contributed by atoms with Crippen LogP contribution in [-0.2, 0) is 14.8 Å². The van der Waals surface area contributed by atoms with Gasteiger partial charge in [0.15, 0.2) is 11.5 Å². The molecule has 0 radical (unpaired) electrons. The second kappa shape index (κ2) is 11.8. The van der Waals surface area contributed by atoms with Crippen LogP contribution in [0.1, 0.15) is 25.8 Å². The van der Waals surface area contributed by atoms with Gasteiger partial charge in [-0.05, 0) is 61.4 Å². The molecule has 0 aromatic heterocycles. The number of hydrazone groups is 1. The van der Waals surface area contributed by atoms with Crippen molar-refractivity contribution in [2.24, 2.45) is 5.10 Å². The van der Waals surface area contributed by atoms with Crippen LogP contribution in [0.25, 0.3) is 0 Å². The van der Waals surface area contributed by atoms with Crippen LogP contribution >= 0.6 is 15.9 Å². The molecule has 0 aliphatic rings. The first-order chi connectivity index (χ1) is 14.8. The van der Waals surface area contributed by atoms with E-state index in [1.165, 1.54) is 25.4 Å². The van der Waals surface area contributed by atoms with Gasteiger partial charge in [-0.15, -0.1) is 0 Å². The summed E-state index contributed by atoms with van der Waals surface area (Å²) < 4.78 is 38.1. The van der Waals surface area contributed by atoms with Crippen molar-refractivity contribution in [3.63, 3.8) is 0 Å². The minimum Gasteiger partial charge on any atom is -0.490 e. The van der Waals surface area contributed by atoms with Gasteiger partial charge in [-0.25, -0.2) is 13.8 Å². The molecule has 2 rings (SSSR count). The number of ether oxygens (including phenoxy) is 2. The van der Waals surface area contributed by atoms with E-state index in [4.69, 9.17) is 9.47 Å². The van der Waals surface area contributed by atoms with E-state index in [1.807, 2.05) is 13.8 Å². The number of rotatable bonds is 11. The quantitative estimate of drug-likeness (QED) is 0.368. The van der Waals surface area contributed by atoms with Crippen LogP contribution in [0.4, 0.5) is 0 Å². The van der Waals surface area contributed by atoms with Crippen molar-refractivity contribution >= 4 is 38.1 Å². The summed E-state index contributed by atoms with van der Waals surface area (Å²) in [5, 5.41) is 3.91. The molecule has 0 unspecified atom stereocenters. The highest BCUT2D eigenvalue weighted by Crippen LogP contribution is 2.28. The van der Waals surface area contributed by atoms with Crippen LogP contribution in [-0.4, -0.2) is 51.7 Å². The van der Waals surface area contributed by atoms with Crippen molar-refractivity contribution in [2.45, 2.75) is 25.2 Å². The van der Waals surface area contributed by atoms with Crippen LogP contribution in [0, 0.1) is 0 Å². The van der Waals surface area contributed by atoms with Gasteiger partial charge in [0.25, 0.3) is 5.91 Å². The first kappa shape index (κ1) is 24.8. The lowest BCUT2D eigenvalue weighted by atomic mass is 10.2. The highest BCUT2D eigenvalue weighted by atomic mass is 79.9. The molecule has 0 aliphatic carbocycles. The van der Waals surface area contributed by atoms with Gasteiger partial charge < -0.3 is 9.47 Å². The van der Waals surface area contributed by atoms with Crippen LogP contribution in [0.5, 0.6) is 11.5 Å². The van der Waals surface area contributed by atoms with Crippen LogP contribution in [0.2, 0.25) is 0 Å². The van der Waals surface area contributed by atoms with E-state index in [0.29, 0.717) is 30.3 Å². The summed E-state index contributed by atoms with van der Waals surface area (Å²) in [6, 6.07) is 11.5. The van der Waals surface area contributed by atoms with E-state index < -0.39 is 15.9 Å². The Balaban J connectivity index is 1.98. The number of likely N-dealkylation sites (N-methyl/N-ethyl adjacent to an activating group) is 1. The van der Waals surface area contributed by atoms with E-state index in [0.717, 1.165) is 15.2 Å². The van der Waals surface area contributed by atoms with Crippen molar-refractivity contribution in [3.8, 4) is 11.5 Å². The molecule has 0 saturated carbocycles. The number of benzene rings is 2. The third-order valence-electron chi connectivity index (χ3n) is 4.02. The molecule has 1 N–H and O–H groups in total. The van der Waals surface area contributed by atoms with Gasteiger partial charge in [0, 0.05) is 11.5 Å². The Bertz CT molecular complexity index is 1010. The van der Waals surface area contributed by atoms with Gasteiger partial charge in [-0.2, -0.15) is 9.41 Å². The summed E-state index contributed by atoms with van der Waals surface area (Å²) in [7, 11) is -2.45. The number of hydrogen-bond donors (Lipinski definition) is 1. The molecule has 31 heavy (non-hydrogen) atoms. The number of nitrogens with zero attached hydrogens (tertiary/aromatic N) is 2. The zero-order chi connectivity index (χ0) is 22.9. The van der Waals surface area contributed by atoms with Crippen molar-refractivity contribution in [1.29, 1.82) is 0 Å². The third-order valence-corrected chi connectivity index (χ3v) is 6.37. The SMILES string of the molecule is CCCOc1ccc(/C=N\NC(=O)CN(C)S(=O)(=O)c2ccc(Br)cc2)cc1OCC. The molecule has 0 heterocycles. The Kier molecular flexibility index (Phi) is 9.47. The van der Waals surface area contributed by atoms with E-state index >= 15 is 0 Å². The van der Waals surface area contributed by atoms with Gasteiger partial charge in [-0.1, -0.05) is 22.9 Å². The summed E-state index contributed by atoms with van der Waals surface area (Å²) >= 11 is 3.26. The van der Waals surface area contributed by atoms with Crippen molar-refractivity contribution in [2.75, 3.05) is 26.8 Å². The molecule has 0 bridgehead atoms. The van der Waals surface area contributed by atoms with Gasteiger partial charge in [-0.3, -0.25) is 4.79 Å². The first-order valence-corrected chi connectivity index (χ1v) is 11.9. The molecule has 168 valence electrons. The number of amides is 1. The number of hydrogen-bond acceptors (Lipinski definition) is 6. The van der Waals surface area contributed by atoms with E-state index in [2.05, 4.69) is 26.5 Å². The fourth-order valence-corrected chi connectivity index (χ4v) is 3.88. The number of carbonyl (C=O) groups is 1. The van der Waals surface area contributed by atoms with Gasteiger partial charge in [0.1, 0.15) is 0 Å². The number of halogens is 1. The third kappa shape index (κ3) is 7.34. The van der Waals surface area contributed by atoms with Crippen molar-refractivity contribution in [3.05, 3.63) is 52.5 Å². The van der Waals surface area contributed by atoms with Gasteiger partial charge in [0.2, 0.25) is 10.0 Å². The summed E-state index contributed by atoms with van der Waals surface area (Å²) in [5.41, 5.74) is 3.04. The predicted octanol–water partition coefficient (Wildman–Crippen LogP) is 3.41. The molecule has 10 heteroatoms. The van der Waals surface area contributed by atoms with Crippen LogP contribution in [0.3, 0.4) is 0 Å². The zero-order valence-corrected chi connectivity index (χ0v) is 20.1. The van der Waals surface area contributed by atoms with Crippen LogP contribution < -0.4 is 14.9 Å². The topological polar surface area (TPSA) is 97.3 Å². The van der Waals surface area contributed by atoms with E-state index in [1.54, 1.807) is 30.3 Å². The molecule has 0 aliphatic heterocycles. The standard InChI is InChI=1S/C21H26BrN3O5S/c1-4-12-30-19-11-6-16(13-20(19)29-5-2)14-23-24-21(26)15-25(3)31(27,28)18-9-7-17(22)8-10-18/h6-11,13-14H,4-5,12,15H2,1-3H3,(H,24,26)/b23-14-. The molecule has 2 aromatic rings. The fourth-order valence-electron chi connectivity index (χ4n) is 2.49. The lowest BCUT2D eigenvalue weighted by Crippen LogP contribution is -2.36. The van der Waals surface area contributed by atoms with Crippen molar-refractivity contribution in [1.82, 2.24) is 9.73 Å². The fraction of sp³-hybridized carbons (Fsp3) is 0.333. The largest absolute Gasteiger partial charge is 0.490 e. The Morgan fingerprint density at radius 3 is 2.48 bits per heavy atom. The number of carbonyl (C=O) groups excluding carboxylic acids is 1. The maximum absolute atomic E-state index is 12.5. The summed E-state index contributed by atoms with van der Waals surface area (Å²) in [5.74, 6) is 0.670. The number of sulfonamides is 1. The lowest BCUT2D eigenvalue weighted by molar-refractivity contribution is -0.121. The molecule has 0 atom stereocenters. The molecule has 2 aromatic carbocycles. The summed E-state index contributed by atoms with van der Waals surface area (Å²) in [4.78, 5) is 12.2. The van der Waals surface area contributed by atoms with Crippen LogP contribution in [0.15, 0.2) is 56.9 Å². The maximum Gasteiger partial charge on any atom is 0.255 e. The Hall–Kier alpha value is -2.43. The predicted molar refractivity (Wildman–Crippen MR) is 123 cm³/mol. The van der Waals surface area contributed by atoms with E-state index in [9.17, 15) is 13.2 Å². The average molecular weight is 512 g/mol. The lowest BCUT2D eigenvalue weighted by Gasteiger charge is -2.16. The number of nitrogens with one attached hydrogen (secondary N) is 1. The van der Waals surface area contributed by atoms with Gasteiger partial charge >= 0.3 is 0 Å². The summed E-state index contributed by atoms with van der Waals surface area (Å²) in [6.45, 7) is 4.60. The average Bonchev–Trinajstić information content (AvgIpc) is 2.73. The monoisotopic (exact) mass is 511 g/mol. The molecule has 0 spiro atoms. The molecular formula is C21H26BrN3O5S. The van der Waals surface area contributed by atoms with Crippen molar-refractivity contribution < 1.29 is 22.7 Å². The highest BCUT2D eigenvalue weighted by molar-refractivity contribution is 9.10. The maximum atomic E-state index is 12.5. The van der Waals surface area contributed by atoms with E-state index in [-0.39, 0.29) is 11.4 Å².